The first kappa shape index (κ1) is 16.0. The van der Waals surface area contributed by atoms with Gasteiger partial charge in [-0.1, -0.05) is 12.1 Å². The Kier molecular flexibility index (Phi) is 7.53. The van der Waals surface area contributed by atoms with Crippen LogP contribution in [-0.2, 0) is 6.54 Å². The Morgan fingerprint density at radius 3 is 2.21 bits per heavy atom. The van der Waals surface area contributed by atoms with Crippen LogP contribution in [0.25, 0.3) is 0 Å². The average Bonchev–Trinajstić information content (AvgIpc) is 2.41. The molecule has 0 aliphatic carbocycles. The fourth-order valence-corrected chi connectivity index (χ4v) is 2.30. The number of benzene rings is 1. The summed E-state index contributed by atoms with van der Waals surface area (Å²) in [6, 6.07) is 9.03. The second-order valence-corrected chi connectivity index (χ2v) is 5.43. The van der Waals surface area contributed by atoms with Crippen molar-refractivity contribution in [3.8, 4) is 0 Å². The number of nitrogens with two attached hydrogens (primary N) is 1. The smallest absolute Gasteiger partial charge is 0.101 e. The standard InChI is InChI=1S/C16H29N3/c1-5-19(6-2)16-10-8-15(9-11-16)14-17-12-7-13-18(3)4/h8-11,17H,5-7,12-14H2,1-4H3/p+2. The first-order valence-corrected chi connectivity index (χ1v) is 7.62. The Balaban J connectivity index is 2.32. The molecule has 0 unspecified atom stereocenters. The minimum atomic E-state index is 1.08. The van der Waals surface area contributed by atoms with E-state index < -0.39 is 0 Å². The molecule has 0 spiro atoms. The van der Waals surface area contributed by atoms with Crippen molar-refractivity contribution in [2.45, 2.75) is 26.8 Å². The lowest BCUT2D eigenvalue weighted by Crippen LogP contribution is -3.06. The Hall–Kier alpha value is -1.06. The van der Waals surface area contributed by atoms with E-state index in [1.807, 2.05) is 0 Å². The predicted molar refractivity (Wildman–Crippen MR) is 82.8 cm³/mol. The zero-order valence-corrected chi connectivity index (χ0v) is 13.1. The first-order chi connectivity index (χ1) is 9.17. The molecule has 0 aliphatic heterocycles. The van der Waals surface area contributed by atoms with Crippen LogP contribution in [0.1, 0.15) is 25.8 Å². The van der Waals surface area contributed by atoms with Gasteiger partial charge in [0.2, 0.25) is 0 Å². The lowest BCUT2D eigenvalue weighted by molar-refractivity contribution is -0.860. The third-order valence-electron chi connectivity index (χ3n) is 3.53. The van der Waals surface area contributed by atoms with Crippen LogP contribution in [0.5, 0.6) is 0 Å². The van der Waals surface area contributed by atoms with E-state index in [4.69, 9.17) is 0 Å². The van der Waals surface area contributed by atoms with Gasteiger partial charge in [0.05, 0.1) is 27.2 Å². The number of anilines is 1. The summed E-state index contributed by atoms with van der Waals surface area (Å²) in [4.78, 5) is 3.92. The number of nitrogens with one attached hydrogen (secondary N) is 1. The molecule has 3 N–H and O–H groups in total. The van der Waals surface area contributed by atoms with Gasteiger partial charge in [0, 0.05) is 30.8 Å². The molecular weight excluding hydrogens is 234 g/mol. The summed E-state index contributed by atoms with van der Waals surface area (Å²) >= 11 is 0. The van der Waals surface area contributed by atoms with Crippen LogP contribution in [0.15, 0.2) is 24.3 Å². The summed E-state index contributed by atoms with van der Waals surface area (Å²) in [6.07, 6.45) is 1.29. The maximum atomic E-state index is 2.41. The van der Waals surface area contributed by atoms with Gasteiger partial charge in [0.15, 0.2) is 0 Å². The lowest BCUT2D eigenvalue weighted by atomic mass is 10.2. The normalized spacial score (nSPS) is 11.0. The van der Waals surface area contributed by atoms with E-state index in [-0.39, 0.29) is 0 Å². The Labute approximate surface area is 118 Å². The second-order valence-electron chi connectivity index (χ2n) is 5.43. The minimum Gasteiger partial charge on any atom is -0.372 e. The van der Waals surface area contributed by atoms with Crippen molar-refractivity contribution in [1.29, 1.82) is 0 Å². The summed E-state index contributed by atoms with van der Waals surface area (Å²) in [7, 11) is 4.43. The molecule has 1 aromatic rings. The summed E-state index contributed by atoms with van der Waals surface area (Å²) < 4.78 is 0. The van der Waals surface area contributed by atoms with Crippen LogP contribution < -0.4 is 15.1 Å². The van der Waals surface area contributed by atoms with Gasteiger partial charge in [-0.05, 0) is 26.0 Å². The van der Waals surface area contributed by atoms with Crippen molar-refractivity contribution >= 4 is 5.69 Å². The molecular formula is C16H31N3+2. The maximum Gasteiger partial charge on any atom is 0.101 e. The molecule has 3 nitrogen and oxygen atoms in total. The van der Waals surface area contributed by atoms with Gasteiger partial charge in [-0.2, -0.15) is 0 Å². The van der Waals surface area contributed by atoms with Crippen molar-refractivity contribution < 1.29 is 10.2 Å². The molecule has 19 heavy (non-hydrogen) atoms. The first-order valence-electron chi connectivity index (χ1n) is 7.62. The van der Waals surface area contributed by atoms with E-state index in [9.17, 15) is 0 Å². The summed E-state index contributed by atoms with van der Waals surface area (Å²) in [5.74, 6) is 0. The zero-order chi connectivity index (χ0) is 14.1. The van der Waals surface area contributed by atoms with Gasteiger partial charge >= 0.3 is 0 Å². The van der Waals surface area contributed by atoms with Crippen LogP contribution in [-0.4, -0.2) is 40.3 Å². The third kappa shape index (κ3) is 6.08. The largest absolute Gasteiger partial charge is 0.372 e. The van der Waals surface area contributed by atoms with Crippen LogP contribution in [0, 0.1) is 0 Å². The summed E-state index contributed by atoms with van der Waals surface area (Å²) in [6.45, 7) is 10.2. The van der Waals surface area contributed by atoms with E-state index >= 15 is 0 Å². The average molecular weight is 265 g/mol. The van der Waals surface area contributed by atoms with Gasteiger partial charge in [-0.15, -0.1) is 0 Å². The van der Waals surface area contributed by atoms with Gasteiger partial charge in [0.25, 0.3) is 0 Å². The molecule has 0 heterocycles. The van der Waals surface area contributed by atoms with Gasteiger partial charge in [-0.25, -0.2) is 0 Å². The van der Waals surface area contributed by atoms with Gasteiger partial charge < -0.3 is 15.1 Å². The van der Waals surface area contributed by atoms with Gasteiger partial charge in [0.1, 0.15) is 6.54 Å². The highest BCUT2D eigenvalue weighted by Crippen LogP contribution is 2.14. The Morgan fingerprint density at radius 2 is 1.68 bits per heavy atom. The predicted octanol–water partition coefficient (Wildman–Crippen LogP) is 0.131. The molecule has 0 radical (unpaired) electrons. The number of quaternary nitrogens is 2. The molecule has 0 fully saturated rings. The van der Waals surface area contributed by atoms with Crippen LogP contribution >= 0.6 is 0 Å². The SMILES string of the molecule is CCN(CC)c1ccc(C[NH2+]CCC[NH+](C)C)cc1. The maximum absolute atomic E-state index is 2.41. The molecule has 0 aromatic heterocycles. The molecule has 0 saturated carbocycles. The van der Waals surface area contributed by atoms with Crippen molar-refractivity contribution in [2.75, 3.05) is 45.2 Å². The Morgan fingerprint density at radius 1 is 1.05 bits per heavy atom. The number of hydrogen-bond acceptors (Lipinski definition) is 1. The van der Waals surface area contributed by atoms with Gasteiger partial charge in [-0.3, -0.25) is 0 Å². The highest BCUT2D eigenvalue weighted by atomic mass is 15.1. The lowest BCUT2D eigenvalue weighted by Gasteiger charge is -2.21. The number of nitrogens with zero attached hydrogens (tertiary/aromatic N) is 1. The molecule has 0 aliphatic rings. The highest BCUT2D eigenvalue weighted by Gasteiger charge is 2.02. The zero-order valence-electron chi connectivity index (χ0n) is 13.1. The van der Waals surface area contributed by atoms with Crippen molar-refractivity contribution in [3.63, 3.8) is 0 Å². The molecule has 0 bridgehead atoms. The fourth-order valence-electron chi connectivity index (χ4n) is 2.30. The molecule has 1 rings (SSSR count). The summed E-state index contributed by atoms with van der Waals surface area (Å²) in [5, 5.41) is 2.41. The van der Waals surface area contributed by atoms with E-state index in [1.54, 1.807) is 0 Å². The molecule has 0 saturated heterocycles. The summed E-state index contributed by atoms with van der Waals surface area (Å²) in [5.41, 5.74) is 2.76. The van der Waals surface area contributed by atoms with Crippen molar-refractivity contribution in [1.82, 2.24) is 0 Å². The molecule has 108 valence electrons. The van der Waals surface area contributed by atoms with E-state index in [2.05, 4.69) is 62.4 Å². The number of hydrogen-bond donors (Lipinski definition) is 2. The van der Waals surface area contributed by atoms with E-state index in [1.165, 1.54) is 35.7 Å². The topological polar surface area (TPSA) is 24.3 Å². The minimum absolute atomic E-state index is 1.08. The van der Waals surface area contributed by atoms with E-state index in [0.29, 0.717) is 0 Å². The van der Waals surface area contributed by atoms with Crippen LogP contribution in [0.3, 0.4) is 0 Å². The third-order valence-corrected chi connectivity index (χ3v) is 3.53. The molecule has 0 amide bonds. The van der Waals surface area contributed by atoms with Crippen LogP contribution in [0.4, 0.5) is 5.69 Å². The quantitative estimate of drug-likeness (QED) is 0.610. The molecule has 3 heteroatoms. The molecule has 1 aromatic carbocycles. The Bertz CT molecular complexity index is 328. The highest BCUT2D eigenvalue weighted by molar-refractivity contribution is 5.47. The second kappa shape index (κ2) is 8.94. The van der Waals surface area contributed by atoms with Crippen LogP contribution in [0.2, 0.25) is 0 Å². The fraction of sp³-hybridized carbons (Fsp3) is 0.625. The molecule has 0 atom stereocenters. The van der Waals surface area contributed by atoms with Crippen molar-refractivity contribution in [2.24, 2.45) is 0 Å². The van der Waals surface area contributed by atoms with Crippen molar-refractivity contribution in [3.05, 3.63) is 29.8 Å². The monoisotopic (exact) mass is 265 g/mol. The number of rotatable bonds is 9. The van der Waals surface area contributed by atoms with E-state index in [0.717, 1.165) is 19.6 Å².